The average molecular weight is 336 g/mol. The molecule has 2 amide bonds. The van der Waals surface area contributed by atoms with Gasteiger partial charge in [0, 0.05) is 30.0 Å². The molecule has 0 aromatic carbocycles. The molecule has 0 bridgehead atoms. The fourth-order valence-corrected chi connectivity index (χ4v) is 3.20. The Morgan fingerprint density at radius 3 is 2.65 bits per heavy atom. The van der Waals surface area contributed by atoms with Crippen molar-refractivity contribution in [3.8, 4) is 0 Å². The number of likely N-dealkylation sites (tertiary alicyclic amines) is 1. The standard InChI is InChI=1S/C16H20N2O4S/c1-11-6-9-23-13(11)2-3-15(20)22-10-14(19)18-7-4-12(5-8-18)16(17)21/h2-3,6,9,12H,4-5,7-8,10H2,1H3,(H2,17,21)/b3-2+. The van der Waals surface area contributed by atoms with Crippen molar-refractivity contribution >= 4 is 35.2 Å². The van der Waals surface area contributed by atoms with E-state index in [9.17, 15) is 14.4 Å². The first kappa shape index (κ1) is 17.2. The van der Waals surface area contributed by atoms with Gasteiger partial charge in [-0.15, -0.1) is 11.3 Å². The molecule has 23 heavy (non-hydrogen) atoms. The fourth-order valence-electron chi connectivity index (χ4n) is 2.38. The molecule has 0 spiro atoms. The maximum absolute atomic E-state index is 12.0. The molecule has 2 rings (SSSR count). The van der Waals surface area contributed by atoms with Crippen molar-refractivity contribution in [2.24, 2.45) is 11.7 Å². The number of thiophene rings is 1. The van der Waals surface area contributed by atoms with Gasteiger partial charge in [-0.05, 0) is 42.9 Å². The average Bonchev–Trinajstić information content (AvgIpc) is 2.95. The lowest BCUT2D eigenvalue weighted by Crippen LogP contribution is -2.43. The number of hydrogen-bond donors (Lipinski definition) is 1. The Kier molecular flexibility index (Phi) is 5.92. The van der Waals surface area contributed by atoms with Gasteiger partial charge < -0.3 is 15.4 Å². The third kappa shape index (κ3) is 4.92. The van der Waals surface area contributed by atoms with E-state index in [0.29, 0.717) is 25.9 Å². The van der Waals surface area contributed by atoms with Crippen molar-refractivity contribution in [2.45, 2.75) is 19.8 Å². The summed E-state index contributed by atoms with van der Waals surface area (Å²) in [4.78, 5) is 37.3. The number of carbonyl (C=O) groups is 3. The van der Waals surface area contributed by atoms with E-state index >= 15 is 0 Å². The Morgan fingerprint density at radius 2 is 2.09 bits per heavy atom. The predicted molar refractivity (Wildman–Crippen MR) is 87.5 cm³/mol. The Labute approximate surface area is 138 Å². The SMILES string of the molecule is Cc1ccsc1/C=C/C(=O)OCC(=O)N1CCC(C(N)=O)CC1. The van der Waals surface area contributed by atoms with Gasteiger partial charge in [-0.1, -0.05) is 0 Å². The number of hydrogen-bond acceptors (Lipinski definition) is 5. The molecule has 1 aliphatic rings. The van der Waals surface area contributed by atoms with Crippen LogP contribution in [0.1, 0.15) is 23.3 Å². The lowest BCUT2D eigenvalue weighted by Gasteiger charge is -2.30. The zero-order chi connectivity index (χ0) is 16.8. The zero-order valence-electron chi connectivity index (χ0n) is 13.0. The van der Waals surface area contributed by atoms with Gasteiger partial charge in [0.1, 0.15) is 0 Å². The molecule has 1 fully saturated rings. The molecule has 1 saturated heterocycles. The summed E-state index contributed by atoms with van der Waals surface area (Å²) in [6, 6.07) is 1.97. The van der Waals surface area contributed by atoms with Crippen molar-refractivity contribution in [2.75, 3.05) is 19.7 Å². The summed E-state index contributed by atoms with van der Waals surface area (Å²) in [6.07, 6.45) is 4.13. The molecule has 2 N–H and O–H groups in total. The number of nitrogens with two attached hydrogens (primary N) is 1. The summed E-state index contributed by atoms with van der Waals surface area (Å²) >= 11 is 1.53. The topological polar surface area (TPSA) is 89.7 Å². The van der Waals surface area contributed by atoms with Crippen LogP contribution >= 0.6 is 11.3 Å². The second kappa shape index (κ2) is 7.92. The minimum atomic E-state index is -0.543. The first-order chi connectivity index (χ1) is 11.0. The highest BCUT2D eigenvalue weighted by atomic mass is 32.1. The molecule has 0 saturated carbocycles. The minimum absolute atomic E-state index is 0.168. The number of aryl methyl sites for hydroxylation is 1. The Hall–Kier alpha value is -2.15. The molecule has 0 atom stereocenters. The Balaban J connectivity index is 1.74. The van der Waals surface area contributed by atoms with Gasteiger partial charge in [0.05, 0.1) is 0 Å². The van der Waals surface area contributed by atoms with Crippen LogP contribution in [-0.2, 0) is 19.1 Å². The molecule has 1 aromatic heterocycles. The van der Waals surface area contributed by atoms with E-state index in [1.165, 1.54) is 17.4 Å². The Bertz CT molecular complexity index is 615. The molecule has 2 heterocycles. The van der Waals surface area contributed by atoms with Gasteiger partial charge >= 0.3 is 5.97 Å². The predicted octanol–water partition coefficient (Wildman–Crippen LogP) is 1.34. The van der Waals surface area contributed by atoms with E-state index in [0.717, 1.165) is 10.4 Å². The number of amides is 2. The number of esters is 1. The molecule has 1 aromatic rings. The number of ether oxygens (including phenoxy) is 1. The second-order valence-electron chi connectivity index (χ2n) is 5.47. The van der Waals surface area contributed by atoms with Crippen LogP contribution in [0.4, 0.5) is 0 Å². The highest BCUT2D eigenvalue weighted by Crippen LogP contribution is 2.18. The van der Waals surface area contributed by atoms with E-state index in [-0.39, 0.29) is 24.3 Å². The lowest BCUT2D eigenvalue weighted by atomic mass is 9.96. The second-order valence-corrected chi connectivity index (χ2v) is 6.41. The van der Waals surface area contributed by atoms with Gasteiger partial charge in [-0.3, -0.25) is 9.59 Å². The van der Waals surface area contributed by atoms with E-state index in [2.05, 4.69) is 0 Å². The molecule has 0 aliphatic carbocycles. The fraction of sp³-hybridized carbons (Fsp3) is 0.438. The normalized spacial score (nSPS) is 15.8. The smallest absolute Gasteiger partial charge is 0.331 e. The maximum atomic E-state index is 12.0. The first-order valence-electron chi connectivity index (χ1n) is 7.43. The summed E-state index contributed by atoms with van der Waals surface area (Å²) < 4.78 is 4.97. The number of rotatable bonds is 5. The van der Waals surface area contributed by atoms with Crippen LogP contribution < -0.4 is 5.73 Å². The molecule has 124 valence electrons. The summed E-state index contributed by atoms with van der Waals surface area (Å²) in [7, 11) is 0. The van der Waals surface area contributed by atoms with Crippen molar-refractivity contribution < 1.29 is 19.1 Å². The van der Waals surface area contributed by atoms with E-state index in [1.54, 1.807) is 11.0 Å². The van der Waals surface area contributed by atoms with Gasteiger partial charge in [0.15, 0.2) is 6.61 Å². The molecule has 0 unspecified atom stereocenters. The van der Waals surface area contributed by atoms with Crippen LogP contribution in [0, 0.1) is 12.8 Å². The van der Waals surface area contributed by atoms with Gasteiger partial charge in [0.2, 0.25) is 5.91 Å². The first-order valence-corrected chi connectivity index (χ1v) is 8.31. The van der Waals surface area contributed by atoms with Crippen LogP contribution in [0.2, 0.25) is 0 Å². The van der Waals surface area contributed by atoms with Crippen LogP contribution in [0.5, 0.6) is 0 Å². The third-order valence-corrected chi connectivity index (χ3v) is 4.84. The van der Waals surface area contributed by atoms with Crippen LogP contribution in [0.15, 0.2) is 17.5 Å². The molecule has 7 heteroatoms. The zero-order valence-corrected chi connectivity index (χ0v) is 13.8. The summed E-state index contributed by atoms with van der Waals surface area (Å²) in [5.41, 5.74) is 6.34. The largest absolute Gasteiger partial charge is 0.452 e. The highest BCUT2D eigenvalue weighted by Gasteiger charge is 2.26. The van der Waals surface area contributed by atoms with Crippen molar-refractivity contribution in [3.63, 3.8) is 0 Å². The highest BCUT2D eigenvalue weighted by molar-refractivity contribution is 7.11. The van der Waals surface area contributed by atoms with Gasteiger partial charge in [-0.25, -0.2) is 4.79 Å². The summed E-state index contributed by atoms with van der Waals surface area (Å²) in [5, 5.41) is 1.94. The Morgan fingerprint density at radius 1 is 1.39 bits per heavy atom. The van der Waals surface area contributed by atoms with Crippen molar-refractivity contribution in [1.29, 1.82) is 0 Å². The maximum Gasteiger partial charge on any atom is 0.331 e. The molecule has 1 aliphatic heterocycles. The van der Waals surface area contributed by atoms with Crippen LogP contribution in [0.3, 0.4) is 0 Å². The number of piperidine rings is 1. The molecule has 6 nitrogen and oxygen atoms in total. The number of carbonyl (C=O) groups excluding carboxylic acids is 3. The number of primary amides is 1. The third-order valence-electron chi connectivity index (χ3n) is 3.86. The van der Waals surface area contributed by atoms with Gasteiger partial charge in [0.25, 0.3) is 5.91 Å². The molecular weight excluding hydrogens is 316 g/mol. The summed E-state index contributed by atoms with van der Waals surface area (Å²) in [5.74, 6) is -1.28. The van der Waals surface area contributed by atoms with Crippen molar-refractivity contribution in [1.82, 2.24) is 4.90 Å². The lowest BCUT2D eigenvalue weighted by molar-refractivity contribution is -0.149. The van der Waals surface area contributed by atoms with Crippen molar-refractivity contribution in [3.05, 3.63) is 28.0 Å². The molecule has 0 radical (unpaired) electrons. The molecular formula is C16H20N2O4S. The monoisotopic (exact) mass is 336 g/mol. The summed E-state index contributed by atoms with van der Waals surface area (Å²) in [6.45, 7) is 2.61. The van der Waals surface area contributed by atoms with E-state index < -0.39 is 5.97 Å². The van der Waals surface area contributed by atoms with Crippen LogP contribution in [-0.4, -0.2) is 42.4 Å². The van der Waals surface area contributed by atoms with E-state index in [1.807, 2.05) is 18.4 Å². The van der Waals surface area contributed by atoms with E-state index in [4.69, 9.17) is 10.5 Å². The van der Waals surface area contributed by atoms with Crippen LogP contribution in [0.25, 0.3) is 6.08 Å². The van der Waals surface area contributed by atoms with Gasteiger partial charge in [-0.2, -0.15) is 0 Å². The quantitative estimate of drug-likeness (QED) is 0.649. The minimum Gasteiger partial charge on any atom is -0.452 e. The number of nitrogens with zero attached hydrogens (tertiary/aromatic N) is 1.